The Hall–Kier alpha value is -1.35. The van der Waals surface area contributed by atoms with E-state index in [-0.39, 0.29) is 5.97 Å². The summed E-state index contributed by atoms with van der Waals surface area (Å²) in [5, 5.41) is 0. The monoisotopic (exact) mass is 249 g/mol. The number of methoxy groups -OCH3 is 1. The second kappa shape index (κ2) is 7.17. The number of carbonyl (C=O) groups excluding carboxylic acids is 1. The van der Waals surface area contributed by atoms with Gasteiger partial charge >= 0.3 is 5.97 Å². The molecule has 0 fully saturated rings. The van der Waals surface area contributed by atoms with Gasteiger partial charge < -0.3 is 10.5 Å². The first-order valence-corrected chi connectivity index (χ1v) is 6.44. The number of hydrogen-bond acceptors (Lipinski definition) is 3. The van der Waals surface area contributed by atoms with Crippen LogP contribution in [0.15, 0.2) is 24.3 Å². The SMILES string of the molecule is COC(=O)C(N)CCc1ccc(CC(C)C)cc1. The van der Waals surface area contributed by atoms with Gasteiger partial charge in [0.2, 0.25) is 0 Å². The van der Waals surface area contributed by atoms with Crippen molar-refractivity contribution in [2.75, 3.05) is 7.11 Å². The number of nitrogens with two attached hydrogens (primary N) is 1. The predicted molar refractivity (Wildman–Crippen MR) is 73.3 cm³/mol. The number of ether oxygens (including phenoxy) is 1. The summed E-state index contributed by atoms with van der Waals surface area (Å²) in [5.74, 6) is 0.329. The molecule has 1 unspecified atom stereocenters. The summed E-state index contributed by atoms with van der Waals surface area (Å²) in [4.78, 5) is 11.2. The van der Waals surface area contributed by atoms with Crippen molar-refractivity contribution >= 4 is 5.97 Å². The second-order valence-electron chi connectivity index (χ2n) is 5.08. The zero-order valence-electron chi connectivity index (χ0n) is 11.5. The van der Waals surface area contributed by atoms with E-state index in [0.29, 0.717) is 12.3 Å². The molecular formula is C15H23NO2. The molecule has 1 atom stereocenters. The third-order valence-electron chi connectivity index (χ3n) is 2.91. The van der Waals surface area contributed by atoms with Crippen molar-refractivity contribution in [3.8, 4) is 0 Å². The molecule has 100 valence electrons. The van der Waals surface area contributed by atoms with Gasteiger partial charge in [-0.15, -0.1) is 0 Å². The number of rotatable bonds is 6. The van der Waals surface area contributed by atoms with Crippen LogP contribution in [0.3, 0.4) is 0 Å². The second-order valence-corrected chi connectivity index (χ2v) is 5.08. The van der Waals surface area contributed by atoms with Gasteiger partial charge in [-0.1, -0.05) is 38.1 Å². The maximum atomic E-state index is 11.2. The van der Waals surface area contributed by atoms with Gasteiger partial charge in [-0.2, -0.15) is 0 Å². The number of carbonyl (C=O) groups is 1. The van der Waals surface area contributed by atoms with Crippen LogP contribution in [0.25, 0.3) is 0 Å². The molecular weight excluding hydrogens is 226 g/mol. The van der Waals surface area contributed by atoms with Crippen LogP contribution >= 0.6 is 0 Å². The molecule has 18 heavy (non-hydrogen) atoms. The van der Waals surface area contributed by atoms with Gasteiger partial charge in [0.05, 0.1) is 7.11 Å². The summed E-state index contributed by atoms with van der Waals surface area (Å²) in [6, 6.07) is 8.01. The molecule has 1 aromatic carbocycles. The Morgan fingerprint density at radius 2 is 1.78 bits per heavy atom. The molecule has 0 saturated heterocycles. The van der Waals surface area contributed by atoms with Gasteiger partial charge in [-0.05, 0) is 36.3 Å². The lowest BCUT2D eigenvalue weighted by molar-refractivity contribution is -0.142. The van der Waals surface area contributed by atoms with Crippen LogP contribution in [0.2, 0.25) is 0 Å². The minimum Gasteiger partial charge on any atom is -0.468 e. The van der Waals surface area contributed by atoms with Crippen molar-refractivity contribution in [1.82, 2.24) is 0 Å². The third kappa shape index (κ3) is 4.88. The predicted octanol–water partition coefficient (Wildman–Crippen LogP) is 2.32. The lowest BCUT2D eigenvalue weighted by Gasteiger charge is -2.10. The van der Waals surface area contributed by atoms with Crippen LogP contribution in [-0.4, -0.2) is 19.1 Å². The highest BCUT2D eigenvalue weighted by Crippen LogP contribution is 2.11. The van der Waals surface area contributed by atoms with Crippen LogP contribution in [-0.2, 0) is 22.4 Å². The average molecular weight is 249 g/mol. The Labute approximate surface area is 109 Å². The van der Waals surface area contributed by atoms with Crippen molar-refractivity contribution in [1.29, 1.82) is 0 Å². The molecule has 0 aliphatic rings. The standard InChI is InChI=1S/C15H23NO2/c1-11(2)10-13-6-4-12(5-7-13)8-9-14(16)15(17)18-3/h4-7,11,14H,8-10,16H2,1-3H3. The van der Waals surface area contributed by atoms with E-state index in [0.717, 1.165) is 12.8 Å². The zero-order valence-corrected chi connectivity index (χ0v) is 11.5. The van der Waals surface area contributed by atoms with Gasteiger partial charge in [0.1, 0.15) is 6.04 Å². The Kier molecular flexibility index (Phi) is 5.86. The number of aryl methyl sites for hydroxylation is 1. The van der Waals surface area contributed by atoms with Crippen LogP contribution in [0.1, 0.15) is 31.4 Å². The van der Waals surface area contributed by atoms with E-state index >= 15 is 0 Å². The summed E-state index contributed by atoms with van der Waals surface area (Å²) in [6.45, 7) is 4.42. The molecule has 1 rings (SSSR count). The number of benzene rings is 1. The fraction of sp³-hybridized carbons (Fsp3) is 0.533. The molecule has 3 nitrogen and oxygen atoms in total. The van der Waals surface area contributed by atoms with E-state index in [9.17, 15) is 4.79 Å². The Morgan fingerprint density at radius 3 is 2.28 bits per heavy atom. The first kappa shape index (κ1) is 14.7. The molecule has 0 radical (unpaired) electrons. The van der Waals surface area contributed by atoms with Crippen LogP contribution in [0.5, 0.6) is 0 Å². The molecule has 0 saturated carbocycles. The van der Waals surface area contributed by atoms with Gasteiger partial charge in [-0.3, -0.25) is 4.79 Å². The summed E-state index contributed by atoms with van der Waals surface area (Å²) in [7, 11) is 1.36. The first-order chi connectivity index (χ1) is 8.52. The largest absolute Gasteiger partial charge is 0.468 e. The Morgan fingerprint density at radius 1 is 1.22 bits per heavy atom. The van der Waals surface area contributed by atoms with Gasteiger partial charge in [0, 0.05) is 0 Å². The van der Waals surface area contributed by atoms with Crippen molar-refractivity contribution in [3.63, 3.8) is 0 Å². The lowest BCUT2D eigenvalue weighted by Crippen LogP contribution is -2.31. The molecule has 0 amide bonds. The van der Waals surface area contributed by atoms with Crippen molar-refractivity contribution in [2.24, 2.45) is 11.7 Å². The quantitative estimate of drug-likeness (QED) is 0.787. The lowest BCUT2D eigenvalue weighted by atomic mass is 9.99. The van der Waals surface area contributed by atoms with Crippen molar-refractivity contribution < 1.29 is 9.53 Å². The van der Waals surface area contributed by atoms with E-state index < -0.39 is 6.04 Å². The summed E-state index contributed by atoms with van der Waals surface area (Å²) >= 11 is 0. The van der Waals surface area contributed by atoms with Crippen molar-refractivity contribution in [2.45, 2.75) is 39.2 Å². The molecule has 0 aromatic heterocycles. The van der Waals surface area contributed by atoms with Gasteiger partial charge in [-0.25, -0.2) is 0 Å². The van der Waals surface area contributed by atoms with Gasteiger partial charge in [0.15, 0.2) is 0 Å². The fourth-order valence-corrected chi connectivity index (χ4v) is 1.90. The Balaban J connectivity index is 2.46. The fourth-order valence-electron chi connectivity index (χ4n) is 1.90. The molecule has 3 heteroatoms. The van der Waals surface area contributed by atoms with Crippen molar-refractivity contribution in [3.05, 3.63) is 35.4 Å². The normalized spacial score (nSPS) is 12.5. The highest BCUT2D eigenvalue weighted by atomic mass is 16.5. The van der Waals surface area contributed by atoms with Gasteiger partial charge in [0.25, 0.3) is 0 Å². The molecule has 0 spiro atoms. The van der Waals surface area contributed by atoms with E-state index in [1.165, 1.54) is 18.2 Å². The summed E-state index contributed by atoms with van der Waals surface area (Å²) < 4.78 is 4.60. The van der Waals surface area contributed by atoms with Crippen LogP contribution in [0, 0.1) is 5.92 Å². The topological polar surface area (TPSA) is 52.3 Å². The minimum absolute atomic E-state index is 0.341. The summed E-state index contributed by atoms with van der Waals surface area (Å²) in [6.07, 6.45) is 2.52. The minimum atomic E-state index is -0.523. The number of esters is 1. The van der Waals surface area contributed by atoms with Crippen LogP contribution < -0.4 is 5.73 Å². The molecule has 0 bridgehead atoms. The molecule has 2 N–H and O–H groups in total. The van der Waals surface area contributed by atoms with E-state index in [1.807, 2.05) is 0 Å². The molecule has 1 aromatic rings. The average Bonchev–Trinajstić information content (AvgIpc) is 2.36. The summed E-state index contributed by atoms with van der Waals surface area (Å²) in [5.41, 5.74) is 8.26. The molecule has 0 aliphatic heterocycles. The van der Waals surface area contributed by atoms with Crippen LogP contribution in [0.4, 0.5) is 0 Å². The maximum absolute atomic E-state index is 11.2. The van der Waals surface area contributed by atoms with E-state index in [4.69, 9.17) is 5.73 Å². The maximum Gasteiger partial charge on any atom is 0.322 e. The van der Waals surface area contributed by atoms with E-state index in [1.54, 1.807) is 0 Å². The molecule has 0 aliphatic carbocycles. The highest BCUT2D eigenvalue weighted by molar-refractivity contribution is 5.75. The first-order valence-electron chi connectivity index (χ1n) is 6.44. The Bertz CT molecular complexity index is 371. The van der Waals surface area contributed by atoms with E-state index in [2.05, 4.69) is 42.8 Å². The third-order valence-corrected chi connectivity index (χ3v) is 2.91. The molecule has 0 heterocycles. The number of hydrogen-bond donors (Lipinski definition) is 1. The zero-order chi connectivity index (χ0) is 13.5. The highest BCUT2D eigenvalue weighted by Gasteiger charge is 2.13. The smallest absolute Gasteiger partial charge is 0.322 e.